The van der Waals surface area contributed by atoms with Crippen molar-refractivity contribution in [1.29, 1.82) is 0 Å². The topological polar surface area (TPSA) is 184 Å². The summed E-state index contributed by atoms with van der Waals surface area (Å²) in [6.07, 6.45) is 1.94. The van der Waals surface area contributed by atoms with Gasteiger partial charge in [0.05, 0.1) is 43.7 Å². The van der Waals surface area contributed by atoms with E-state index >= 15 is 0 Å². The number of hydrogen-bond donors (Lipinski definition) is 4. The zero-order valence-corrected chi connectivity index (χ0v) is 31.2. The first-order valence-electron chi connectivity index (χ1n) is 18.0. The third kappa shape index (κ3) is 6.54. The van der Waals surface area contributed by atoms with E-state index in [0.717, 1.165) is 68.3 Å². The lowest BCUT2D eigenvalue weighted by atomic mass is 9.79. The van der Waals surface area contributed by atoms with Crippen molar-refractivity contribution in [3.05, 3.63) is 65.9 Å². The van der Waals surface area contributed by atoms with Gasteiger partial charge in [0.25, 0.3) is 0 Å². The summed E-state index contributed by atoms with van der Waals surface area (Å²) < 4.78 is 15.6. The number of aromatic nitrogens is 4. The van der Waals surface area contributed by atoms with E-state index in [1.807, 2.05) is 45.9 Å². The molecule has 2 aliphatic rings. The Bertz CT molecular complexity index is 2280. The van der Waals surface area contributed by atoms with Gasteiger partial charge in [-0.2, -0.15) is 0 Å². The predicted octanol–water partition coefficient (Wildman–Crippen LogP) is 5.34. The molecule has 15 nitrogen and oxygen atoms in total. The summed E-state index contributed by atoms with van der Waals surface area (Å²) in [4.78, 5) is 69.1. The molecule has 1 unspecified atom stereocenters. The maximum Gasteiger partial charge on any atom is 0.407 e. The number of benzene rings is 3. The SMILES string of the molecule is CC[C@H](C)N(Cc1nc2c(ccc3cc4c(cc32)OCc2cc(-c3cnc(C5(C)C[C@H](C)N5C(=O)CNC(=O)OC)[nH]3)ccc2-4)[nH]1)C(=O)CNC(=O)OC. The van der Waals surface area contributed by atoms with Gasteiger partial charge in [-0.15, -0.1) is 0 Å². The smallest absolute Gasteiger partial charge is 0.407 e. The van der Waals surface area contributed by atoms with Gasteiger partial charge in [0.2, 0.25) is 11.8 Å². The Morgan fingerprint density at radius 3 is 2.52 bits per heavy atom. The van der Waals surface area contributed by atoms with Gasteiger partial charge in [-0.05, 0) is 80.0 Å². The molecule has 3 atom stereocenters. The van der Waals surface area contributed by atoms with Gasteiger partial charge in [-0.25, -0.2) is 19.6 Å². The van der Waals surface area contributed by atoms with E-state index in [4.69, 9.17) is 9.72 Å². The Labute approximate surface area is 311 Å². The minimum absolute atomic E-state index is 0.00230. The molecule has 54 heavy (non-hydrogen) atoms. The van der Waals surface area contributed by atoms with Crippen LogP contribution in [-0.2, 0) is 37.8 Å². The number of nitrogens with one attached hydrogen (secondary N) is 4. The van der Waals surface area contributed by atoms with Crippen LogP contribution in [0.2, 0.25) is 0 Å². The zero-order chi connectivity index (χ0) is 38.3. The molecule has 1 saturated heterocycles. The van der Waals surface area contributed by atoms with Crippen LogP contribution in [0.15, 0.2) is 48.7 Å². The van der Waals surface area contributed by atoms with Gasteiger partial charge >= 0.3 is 12.2 Å². The van der Waals surface area contributed by atoms with Crippen molar-refractivity contribution in [3.8, 4) is 28.1 Å². The molecule has 3 aromatic carbocycles. The van der Waals surface area contributed by atoms with E-state index in [9.17, 15) is 19.2 Å². The molecule has 4 amide bonds. The van der Waals surface area contributed by atoms with E-state index in [1.165, 1.54) is 14.2 Å². The summed E-state index contributed by atoms with van der Waals surface area (Å²) in [6, 6.07) is 14.4. The van der Waals surface area contributed by atoms with Gasteiger partial charge in [0.15, 0.2) is 0 Å². The fourth-order valence-corrected chi connectivity index (χ4v) is 7.69. The molecule has 2 aliphatic heterocycles. The van der Waals surface area contributed by atoms with Gasteiger partial charge in [-0.1, -0.05) is 25.1 Å². The highest BCUT2D eigenvalue weighted by Gasteiger charge is 2.51. The Kier molecular flexibility index (Phi) is 9.64. The van der Waals surface area contributed by atoms with Crippen molar-refractivity contribution in [2.24, 2.45) is 0 Å². The largest absolute Gasteiger partial charge is 0.488 e. The van der Waals surface area contributed by atoms with Gasteiger partial charge < -0.3 is 44.6 Å². The number of imidazole rings is 2. The second kappa shape index (κ2) is 14.4. The summed E-state index contributed by atoms with van der Waals surface area (Å²) in [5.74, 6) is 1.63. The van der Waals surface area contributed by atoms with Gasteiger partial charge in [-0.3, -0.25) is 9.59 Å². The van der Waals surface area contributed by atoms with Crippen molar-refractivity contribution < 1.29 is 33.4 Å². The molecule has 0 bridgehead atoms. The number of carbonyl (C=O) groups excluding carboxylic acids is 4. The maximum atomic E-state index is 13.1. The number of hydrogen-bond acceptors (Lipinski definition) is 9. The number of methoxy groups -OCH3 is 2. The minimum Gasteiger partial charge on any atom is -0.488 e. The Hall–Kier alpha value is -6.12. The van der Waals surface area contributed by atoms with Crippen molar-refractivity contribution in [2.75, 3.05) is 27.3 Å². The molecular weight excluding hydrogens is 692 g/mol. The number of ether oxygens (including phenoxy) is 3. The average Bonchev–Trinajstić information content (AvgIpc) is 3.85. The molecule has 4 N–H and O–H groups in total. The molecule has 4 heterocycles. The molecule has 282 valence electrons. The van der Waals surface area contributed by atoms with E-state index in [1.54, 1.807) is 16.0 Å². The molecule has 0 saturated carbocycles. The summed E-state index contributed by atoms with van der Waals surface area (Å²) in [7, 11) is 2.52. The van der Waals surface area contributed by atoms with Crippen LogP contribution < -0.4 is 15.4 Å². The quantitative estimate of drug-likeness (QED) is 0.147. The second-order valence-electron chi connectivity index (χ2n) is 14.1. The monoisotopic (exact) mass is 736 g/mol. The lowest BCUT2D eigenvalue weighted by Gasteiger charge is -2.54. The number of likely N-dealkylation sites (tertiary alicyclic amines) is 1. The van der Waals surface area contributed by atoms with Crippen molar-refractivity contribution in [2.45, 2.75) is 71.3 Å². The minimum atomic E-state index is -0.659. The fourth-order valence-electron chi connectivity index (χ4n) is 7.69. The first kappa shape index (κ1) is 36.2. The Morgan fingerprint density at radius 2 is 1.80 bits per heavy atom. The normalized spacial score (nSPS) is 17.8. The number of aromatic amines is 2. The predicted molar refractivity (Wildman–Crippen MR) is 200 cm³/mol. The van der Waals surface area contributed by atoms with E-state index in [0.29, 0.717) is 18.3 Å². The van der Waals surface area contributed by atoms with Crippen LogP contribution in [0.25, 0.3) is 44.2 Å². The molecule has 2 aromatic heterocycles. The van der Waals surface area contributed by atoms with Crippen molar-refractivity contribution in [1.82, 2.24) is 40.4 Å². The van der Waals surface area contributed by atoms with E-state index in [-0.39, 0.29) is 43.5 Å². The highest BCUT2D eigenvalue weighted by atomic mass is 16.5. The molecular formula is C39H44N8O7. The first-order chi connectivity index (χ1) is 25.9. The molecule has 7 rings (SSSR count). The van der Waals surface area contributed by atoms with E-state index < -0.39 is 17.7 Å². The molecule has 5 aromatic rings. The van der Waals surface area contributed by atoms with Crippen LogP contribution in [0.1, 0.15) is 57.7 Å². The lowest BCUT2D eigenvalue weighted by Crippen LogP contribution is -2.65. The highest BCUT2D eigenvalue weighted by molar-refractivity contribution is 6.07. The van der Waals surface area contributed by atoms with Crippen molar-refractivity contribution >= 4 is 45.8 Å². The van der Waals surface area contributed by atoms with Gasteiger partial charge in [0, 0.05) is 23.0 Å². The van der Waals surface area contributed by atoms with Crippen LogP contribution in [0.5, 0.6) is 5.75 Å². The third-order valence-corrected chi connectivity index (χ3v) is 10.6. The van der Waals surface area contributed by atoms with Crippen molar-refractivity contribution in [3.63, 3.8) is 0 Å². The Morgan fingerprint density at radius 1 is 1.04 bits per heavy atom. The number of nitrogens with zero attached hydrogens (tertiary/aromatic N) is 4. The maximum absolute atomic E-state index is 13.1. The molecule has 1 fully saturated rings. The molecule has 15 heteroatoms. The third-order valence-electron chi connectivity index (χ3n) is 10.6. The first-order valence-corrected chi connectivity index (χ1v) is 18.0. The Balaban J connectivity index is 1.12. The summed E-state index contributed by atoms with van der Waals surface area (Å²) >= 11 is 0. The average molecular weight is 737 g/mol. The summed E-state index contributed by atoms with van der Waals surface area (Å²) in [5.41, 5.74) is 5.83. The summed E-state index contributed by atoms with van der Waals surface area (Å²) in [6.45, 7) is 8.22. The van der Waals surface area contributed by atoms with Crippen LogP contribution in [0.4, 0.5) is 9.59 Å². The highest BCUT2D eigenvalue weighted by Crippen LogP contribution is 2.45. The number of carbonyl (C=O) groups is 4. The van der Waals surface area contributed by atoms with E-state index in [2.05, 4.69) is 59.3 Å². The number of rotatable bonds is 10. The number of fused-ring (bicyclic) bond motifs is 6. The lowest BCUT2D eigenvalue weighted by molar-refractivity contribution is -0.155. The van der Waals surface area contributed by atoms with Crippen LogP contribution in [0, 0.1) is 0 Å². The van der Waals surface area contributed by atoms with Gasteiger partial charge in [0.1, 0.15) is 42.6 Å². The number of alkyl carbamates (subject to hydrolysis) is 2. The van der Waals surface area contributed by atoms with Crippen LogP contribution in [0.3, 0.4) is 0 Å². The number of H-pyrrole nitrogens is 2. The zero-order valence-electron chi connectivity index (χ0n) is 31.2. The standard InChI is InChI=1S/C39H44N8O7/c1-7-21(2)46(33(48)17-41-37(50)52-5)19-32-43-29-11-9-23-13-28-26-10-8-24(12-25(26)20-54-31(28)14-27(23)35(29)45-32)30-16-40-36(44-30)39(4)15-22(3)47(39)34(49)18-42-38(51)53-6/h8-14,16,21-22H,7,15,17-20H2,1-6H3,(H,40,44)(H,41,50)(H,42,51)(H,43,45)/t21-,22-,39?/m0/s1. The second-order valence-corrected chi connectivity index (χ2v) is 14.1. The molecule has 0 spiro atoms. The fraction of sp³-hybridized carbons (Fsp3) is 0.385. The molecule has 0 radical (unpaired) electrons. The molecule has 0 aliphatic carbocycles. The van der Waals surface area contributed by atoms with Crippen LogP contribution >= 0.6 is 0 Å². The number of amides is 4. The summed E-state index contributed by atoms with van der Waals surface area (Å²) in [5, 5.41) is 6.88. The van der Waals surface area contributed by atoms with Crippen LogP contribution in [-0.4, -0.2) is 93.1 Å².